The van der Waals surface area contributed by atoms with E-state index in [0.717, 1.165) is 12.0 Å². The summed E-state index contributed by atoms with van der Waals surface area (Å²) in [4.78, 5) is 11.9. The zero-order valence-corrected chi connectivity index (χ0v) is 12.2. The molecule has 108 valence electrons. The Kier molecular flexibility index (Phi) is 3.91. The normalized spacial score (nSPS) is 19.9. The van der Waals surface area contributed by atoms with Crippen LogP contribution in [0.1, 0.15) is 29.0 Å². The average molecular weight is 280 g/mol. The number of nitrogens with one attached hydrogen (secondary N) is 2. The molecule has 0 heterocycles. The van der Waals surface area contributed by atoms with Crippen molar-refractivity contribution >= 4 is 6.03 Å². The third-order valence-corrected chi connectivity index (χ3v) is 3.91. The Morgan fingerprint density at radius 2 is 1.81 bits per heavy atom. The van der Waals surface area contributed by atoms with Gasteiger partial charge in [-0.1, -0.05) is 60.2 Å². The predicted molar refractivity (Wildman–Crippen MR) is 84.1 cm³/mol. The van der Waals surface area contributed by atoms with E-state index in [1.165, 1.54) is 11.1 Å². The first kappa shape index (κ1) is 13.7. The molecule has 0 aromatic heterocycles. The molecule has 0 aliphatic heterocycles. The van der Waals surface area contributed by atoms with Gasteiger partial charge in [-0.3, -0.25) is 0 Å². The fourth-order valence-corrected chi connectivity index (χ4v) is 2.53. The van der Waals surface area contributed by atoms with E-state index in [0.29, 0.717) is 12.5 Å². The lowest BCUT2D eigenvalue weighted by Crippen LogP contribution is -2.36. The highest BCUT2D eigenvalue weighted by molar-refractivity contribution is 5.74. The van der Waals surface area contributed by atoms with Gasteiger partial charge in [0.05, 0.1) is 0 Å². The van der Waals surface area contributed by atoms with Crippen LogP contribution in [0.4, 0.5) is 4.79 Å². The van der Waals surface area contributed by atoms with Crippen LogP contribution in [0.2, 0.25) is 0 Å². The molecule has 0 saturated heterocycles. The first-order valence-electron chi connectivity index (χ1n) is 7.37. The van der Waals surface area contributed by atoms with Crippen molar-refractivity contribution in [2.75, 3.05) is 0 Å². The summed E-state index contributed by atoms with van der Waals surface area (Å²) in [5.41, 5.74) is 3.65. The fraction of sp³-hybridized carbons (Fsp3) is 0.278. The van der Waals surface area contributed by atoms with Crippen LogP contribution in [0.15, 0.2) is 54.6 Å². The second-order valence-electron chi connectivity index (χ2n) is 5.67. The lowest BCUT2D eigenvalue weighted by molar-refractivity contribution is 0.240. The molecule has 3 heteroatoms. The van der Waals surface area contributed by atoms with Crippen molar-refractivity contribution in [3.05, 3.63) is 71.3 Å². The Bertz CT molecular complexity index is 607. The molecule has 1 fully saturated rings. The molecule has 2 unspecified atom stereocenters. The van der Waals surface area contributed by atoms with Crippen molar-refractivity contribution in [2.24, 2.45) is 0 Å². The summed E-state index contributed by atoms with van der Waals surface area (Å²) in [6, 6.07) is 18.7. The van der Waals surface area contributed by atoms with Gasteiger partial charge in [0, 0.05) is 18.5 Å². The van der Waals surface area contributed by atoms with Crippen LogP contribution in [-0.4, -0.2) is 12.1 Å². The third-order valence-electron chi connectivity index (χ3n) is 3.91. The highest BCUT2D eigenvalue weighted by atomic mass is 16.2. The zero-order valence-electron chi connectivity index (χ0n) is 12.2. The summed E-state index contributed by atoms with van der Waals surface area (Å²) in [6.07, 6.45) is 1.03. The number of hydrogen-bond donors (Lipinski definition) is 2. The molecular formula is C18H20N2O. The van der Waals surface area contributed by atoms with Crippen LogP contribution in [-0.2, 0) is 6.54 Å². The average Bonchev–Trinajstić information content (AvgIpc) is 3.27. The maximum Gasteiger partial charge on any atom is 0.315 e. The minimum absolute atomic E-state index is 0.0843. The van der Waals surface area contributed by atoms with Crippen molar-refractivity contribution in [1.29, 1.82) is 0 Å². The lowest BCUT2D eigenvalue weighted by atomic mass is 10.1. The molecular weight excluding hydrogens is 260 g/mol. The smallest absolute Gasteiger partial charge is 0.315 e. The topological polar surface area (TPSA) is 41.1 Å². The van der Waals surface area contributed by atoms with Gasteiger partial charge in [0.15, 0.2) is 0 Å². The van der Waals surface area contributed by atoms with Crippen molar-refractivity contribution in [3.63, 3.8) is 0 Å². The number of benzene rings is 2. The molecule has 2 aromatic rings. The third kappa shape index (κ3) is 3.63. The molecule has 2 N–H and O–H groups in total. The van der Waals surface area contributed by atoms with Crippen molar-refractivity contribution < 1.29 is 4.79 Å². The van der Waals surface area contributed by atoms with Crippen LogP contribution < -0.4 is 10.6 Å². The Morgan fingerprint density at radius 3 is 2.52 bits per heavy atom. The number of carbonyl (C=O) groups is 1. The SMILES string of the molecule is Cc1ccc(CNC(=O)NC2CC2c2ccccc2)cc1. The van der Waals surface area contributed by atoms with Crippen LogP contribution in [0.5, 0.6) is 0 Å². The lowest BCUT2D eigenvalue weighted by Gasteiger charge is -2.08. The summed E-state index contributed by atoms with van der Waals surface area (Å²) < 4.78 is 0. The second kappa shape index (κ2) is 6.00. The fourth-order valence-electron chi connectivity index (χ4n) is 2.53. The highest BCUT2D eigenvalue weighted by Crippen LogP contribution is 2.40. The minimum Gasteiger partial charge on any atom is -0.335 e. The molecule has 21 heavy (non-hydrogen) atoms. The first-order valence-corrected chi connectivity index (χ1v) is 7.37. The van der Waals surface area contributed by atoms with Gasteiger partial charge < -0.3 is 10.6 Å². The number of carbonyl (C=O) groups excluding carboxylic acids is 1. The van der Waals surface area contributed by atoms with Gasteiger partial charge in [-0.25, -0.2) is 4.79 Å². The molecule has 0 spiro atoms. The molecule has 0 bridgehead atoms. The van der Waals surface area contributed by atoms with Crippen molar-refractivity contribution in [1.82, 2.24) is 10.6 Å². The molecule has 2 amide bonds. The van der Waals surface area contributed by atoms with E-state index in [-0.39, 0.29) is 12.1 Å². The monoisotopic (exact) mass is 280 g/mol. The van der Waals surface area contributed by atoms with E-state index in [4.69, 9.17) is 0 Å². The van der Waals surface area contributed by atoms with Gasteiger partial charge in [-0.15, -0.1) is 0 Å². The largest absolute Gasteiger partial charge is 0.335 e. The summed E-state index contributed by atoms with van der Waals surface area (Å²) >= 11 is 0. The van der Waals surface area contributed by atoms with Crippen molar-refractivity contribution in [2.45, 2.75) is 31.8 Å². The summed E-state index contributed by atoms with van der Waals surface area (Å²) in [7, 11) is 0. The summed E-state index contributed by atoms with van der Waals surface area (Å²) in [6.45, 7) is 2.62. The van der Waals surface area contributed by atoms with E-state index in [1.54, 1.807) is 0 Å². The molecule has 1 aliphatic rings. The maximum atomic E-state index is 11.9. The Hall–Kier alpha value is -2.29. The maximum absolute atomic E-state index is 11.9. The van der Waals surface area contributed by atoms with E-state index in [1.807, 2.05) is 30.3 Å². The number of hydrogen-bond acceptors (Lipinski definition) is 1. The molecule has 3 nitrogen and oxygen atoms in total. The van der Waals surface area contributed by atoms with Gasteiger partial charge in [0.2, 0.25) is 0 Å². The minimum atomic E-state index is -0.0843. The predicted octanol–water partition coefficient (Wildman–Crippen LogP) is 3.35. The van der Waals surface area contributed by atoms with Gasteiger partial charge in [0.25, 0.3) is 0 Å². The van der Waals surface area contributed by atoms with Crippen LogP contribution in [0.3, 0.4) is 0 Å². The quantitative estimate of drug-likeness (QED) is 0.886. The van der Waals surface area contributed by atoms with Crippen LogP contribution in [0, 0.1) is 6.92 Å². The number of amides is 2. The van der Waals surface area contributed by atoms with Crippen LogP contribution >= 0.6 is 0 Å². The molecule has 2 aromatic carbocycles. The first-order chi connectivity index (χ1) is 10.2. The molecule has 3 rings (SSSR count). The van der Waals surface area contributed by atoms with Crippen molar-refractivity contribution in [3.8, 4) is 0 Å². The van der Waals surface area contributed by atoms with Crippen LogP contribution in [0.25, 0.3) is 0 Å². The molecule has 0 radical (unpaired) electrons. The Labute approximate surface area is 125 Å². The van der Waals surface area contributed by atoms with E-state index in [9.17, 15) is 4.79 Å². The van der Waals surface area contributed by atoms with E-state index in [2.05, 4.69) is 41.8 Å². The highest BCUT2D eigenvalue weighted by Gasteiger charge is 2.39. The van der Waals surface area contributed by atoms with E-state index < -0.39 is 0 Å². The number of aryl methyl sites for hydroxylation is 1. The summed E-state index contributed by atoms with van der Waals surface area (Å²) in [5, 5.41) is 5.95. The standard InChI is InChI=1S/C18H20N2O/c1-13-7-9-14(10-8-13)12-19-18(21)20-17-11-16(17)15-5-3-2-4-6-15/h2-10,16-17H,11-12H2,1H3,(H2,19,20,21). The second-order valence-corrected chi connectivity index (χ2v) is 5.67. The zero-order chi connectivity index (χ0) is 14.7. The number of rotatable bonds is 4. The molecule has 1 saturated carbocycles. The van der Waals surface area contributed by atoms with Gasteiger partial charge in [-0.05, 0) is 24.5 Å². The molecule has 2 atom stereocenters. The van der Waals surface area contributed by atoms with Gasteiger partial charge in [0.1, 0.15) is 0 Å². The Balaban J connectivity index is 1.44. The molecule has 1 aliphatic carbocycles. The summed E-state index contributed by atoms with van der Waals surface area (Å²) in [5.74, 6) is 0.469. The van der Waals surface area contributed by atoms with E-state index >= 15 is 0 Å². The van der Waals surface area contributed by atoms with Gasteiger partial charge >= 0.3 is 6.03 Å². The van der Waals surface area contributed by atoms with Gasteiger partial charge in [-0.2, -0.15) is 0 Å². The Morgan fingerprint density at radius 1 is 1.10 bits per heavy atom. The number of urea groups is 1.